The molecule has 2 rings (SSSR count). The minimum absolute atomic E-state index is 0.0768. The Hall–Kier alpha value is -2.60. The molecule has 21 heavy (non-hydrogen) atoms. The van der Waals surface area contributed by atoms with Crippen molar-refractivity contribution in [2.75, 3.05) is 10.6 Å². The molecule has 108 valence electrons. The van der Waals surface area contributed by atoms with Crippen LogP contribution in [0.4, 0.5) is 16.2 Å². The maximum atomic E-state index is 11.9. The van der Waals surface area contributed by atoms with Crippen molar-refractivity contribution in [1.82, 2.24) is 4.98 Å². The summed E-state index contributed by atoms with van der Waals surface area (Å²) in [5.74, 6) is -1.16. The Labute approximate surface area is 125 Å². The van der Waals surface area contributed by atoms with Gasteiger partial charge in [-0.2, -0.15) is 0 Å². The van der Waals surface area contributed by atoms with Gasteiger partial charge in [0.2, 0.25) is 0 Å². The number of hydrogen-bond acceptors (Lipinski definition) is 3. The first-order chi connectivity index (χ1) is 9.97. The lowest BCUT2D eigenvalue weighted by Crippen LogP contribution is -2.20. The van der Waals surface area contributed by atoms with E-state index in [1.54, 1.807) is 12.3 Å². The fourth-order valence-electron chi connectivity index (χ4n) is 1.65. The predicted octanol–water partition coefficient (Wildman–Crippen LogP) is 3.39. The van der Waals surface area contributed by atoms with E-state index in [9.17, 15) is 9.59 Å². The summed E-state index contributed by atoms with van der Waals surface area (Å²) in [6.45, 7) is 1.84. The van der Waals surface area contributed by atoms with Crippen LogP contribution in [0.15, 0.2) is 36.7 Å². The Morgan fingerprint density at radius 2 is 2.00 bits per heavy atom. The average Bonchev–Trinajstić information content (AvgIpc) is 2.43. The first-order valence-corrected chi connectivity index (χ1v) is 6.36. The lowest BCUT2D eigenvalue weighted by atomic mass is 10.2. The molecule has 1 aromatic carbocycles. The van der Waals surface area contributed by atoms with Gasteiger partial charge in [-0.15, -0.1) is 0 Å². The molecular weight excluding hydrogens is 294 g/mol. The first-order valence-electron chi connectivity index (χ1n) is 5.99. The number of anilines is 2. The third-order valence-corrected chi connectivity index (χ3v) is 3.07. The maximum Gasteiger partial charge on any atom is 0.337 e. The normalized spacial score (nSPS) is 10.0. The van der Waals surface area contributed by atoms with Crippen LogP contribution >= 0.6 is 11.6 Å². The number of urea groups is 1. The number of hydrogen-bond donors (Lipinski definition) is 3. The van der Waals surface area contributed by atoms with Crippen LogP contribution in [0, 0.1) is 6.92 Å². The van der Waals surface area contributed by atoms with Crippen LogP contribution in [0.1, 0.15) is 15.9 Å². The van der Waals surface area contributed by atoms with E-state index >= 15 is 0 Å². The summed E-state index contributed by atoms with van der Waals surface area (Å²) in [6, 6.07) is 5.49. The van der Waals surface area contributed by atoms with Gasteiger partial charge in [0.25, 0.3) is 0 Å². The molecular formula is C14H12ClN3O3. The monoisotopic (exact) mass is 305 g/mol. The molecule has 2 aromatic rings. The number of nitrogens with zero attached hydrogens (tertiary/aromatic N) is 1. The van der Waals surface area contributed by atoms with Crippen LogP contribution < -0.4 is 10.6 Å². The number of carbonyl (C=O) groups excluding carboxylic acids is 1. The second kappa shape index (κ2) is 6.23. The summed E-state index contributed by atoms with van der Waals surface area (Å²) < 4.78 is 0. The van der Waals surface area contributed by atoms with Gasteiger partial charge in [0.1, 0.15) is 0 Å². The number of halogens is 1. The van der Waals surface area contributed by atoms with Crippen molar-refractivity contribution in [3.05, 3.63) is 52.8 Å². The summed E-state index contributed by atoms with van der Waals surface area (Å²) in [4.78, 5) is 26.8. The van der Waals surface area contributed by atoms with Gasteiger partial charge in [0, 0.05) is 11.9 Å². The molecule has 3 N–H and O–H groups in total. The van der Waals surface area contributed by atoms with Gasteiger partial charge in [0.05, 0.1) is 22.5 Å². The second-order valence-electron chi connectivity index (χ2n) is 4.27. The zero-order valence-electron chi connectivity index (χ0n) is 11.1. The molecule has 0 unspecified atom stereocenters. The molecule has 0 radical (unpaired) electrons. The zero-order valence-corrected chi connectivity index (χ0v) is 11.8. The van der Waals surface area contributed by atoms with Crippen molar-refractivity contribution in [3.63, 3.8) is 0 Å². The molecule has 6 nitrogen and oxygen atoms in total. The molecule has 0 aliphatic rings. The molecule has 0 saturated carbocycles. The lowest BCUT2D eigenvalue weighted by molar-refractivity contribution is 0.0697. The van der Waals surface area contributed by atoms with E-state index in [4.69, 9.17) is 16.7 Å². The Morgan fingerprint density at radius 1 is 1.24 bits per heavy atom. The Balaban J connectivity index is 2.12. The van der Waals surface area contributed by atoms with E-state index < -0.39 is 12.0 Å². The van der Waals surface area contributed by atoms with Gasteiger partial charge in [-0.05, 0) is 36.8 Å². The van der Waals surface area contributed by atoms with Crippen molar-refractivity contribution in [2.45, 2.75) is 6.92 Å². The number of benzene rings is 1. The number of aromatic carboxylic acids is 1. The first kappa shape index (κ1) is 14.8. The molecule has 0 aliphatic carbocycles. The summed E-state index contributed by atoms with van der Waals surface area (Å²) in [5, 5.41) is 14.3. The highest BCUT2D eigenvalue weighted by Gasteiger charge is 2.11. The number of carboxylic acid groups (broad SMARTS) is 1. The predicted molar refractivity (Wildman–Crippen MR) is 80.0 cm³/mol. The second-order valence-corrected chi connectivity index (χ2v) is 4.68. The number of carboxylic acids is 1. The summed E-state index contributed by atoms with van der Waals surface area (Å²) in [5.41, 5.74) is 1.69. The van der Waals surface area contributed by atoms with Crippen molar-refractivity contribution in [1.29, 1.82) is 0 Å². The highest BCUT2D eigenvalue weighted by atomic mass is 35.5. The van der Waals surface area contributed by atoms with Gasteiger partial charge < -0.3 is 15.7 Å². The van der Waals surface area contributed by atoms with E-state index in [1.165, 1.54) is 24.4 Å². The molecule has 0 bridgehead atoms. The largest absolute Gasteiger partial charge is 0.478 e. The fraction of sp³-hybridized carbons (Fsp3) is 0.0714. The standard InChI is InChI=1S/C14H12ClN3O3/c1-8-4-5-16-7-12(8)18-14(21)17-9-2-3-11(15)10(6-9)13(19)20/h2-7H,1H3,(H,19,20)(H2,17,18,21). The average molecular weight is 306 g/mol. The van der Waals surface area contributed by atoms with Gasteiger partial charge in [-0.3, -0.25) is 4.98 Å². The number of nitrogens with one attached hydrogen (secondary N) is 2. The van der Waals surface area contributed by atoms with Gasteiger partial charge in [-0.25, -0.2) is 9.59 Å². The van der Waals surface area contributed by atoms with Gasteiger partial charge in [-0.1, -0.05) is 11.6 Å². The molecule has 0 atom stereocenters. The number of amides is 2. The van der Waals surface area contributed by atoms with Crippen LogP contribution in [0.25, 0.3) is 0 Å². The van der Waals surface area contributed by atoms with E-state index in [0.717, 1.165) is 5.56 Å². The van der Waals surface area contributed by atoms with Crippen molar-refractivity contribution in [2.24, 2.45) is 0 Å². The van der Waals surface area contributed by atoms with Crippen molar-refractivity contribution >= 4 is 35.0 Å². The zero-order chi connectivity index (χ0) is 15.4. The van der Waals surface area contributed by atoms with Crippen molar-refractivity contribution < 1.29 is 14.7 Å². The number of carbonyl (C=O) groups is 2. The molecule has 7 heteroatoms. The quantitative estimate of drug-likeness (QED) is 0.810. The van der Waals surface area contributed by atoms with Crippen LogP contribution in [-0.4, -0.2) is 22.1 Å². The van der Waals surface area contributed by atoms with E-state index in [1.807, 2.05) is 6.92 Å². The minimum Gasteiger partial charge on any atom is -0.478 e. The highest BCUT2D eigenvalue weighted by Crippen LogP contribution is 2.21. The van der Waals surface area contributed by atoms with E-state index in [0.29, 0.717) is 11.4 Å². The molecule has 0 saturated heterocycles. The van der Waals surface area contributed by atoms with E-state index in [-0.39, 0.29) is 10.6 Å². The summed E-state index contributed by atoms with van der Waals surface area (Å²) in [7, 11) is 0. The Bertz CT molecular complexity index is 704. The molecule has 0 spiro atoms. The molecule has 2 amide bonds. The minimum atomic E-state index is -1.16. The summed E-state index contributed by atoms with van der Waals surface area (Å²) >= 11 is 5.76. The summed E-state index contributed by atoms with van der Waals surface area (Å²) in [6.07, 6.45) is 3.15. The lowest BCUT2D eigenvalue weighted by Gasteiger charge is -2.10. The number of pyridine rings is 1. The smallest absolute Gasteiger partial charge is 0.337 e. The van der Waals surface area contributed by atoms with Crippen molar-refractivity contribution in [3.8, 4) is 0 Å². The Morgan fingerprint density at radius 3 is 2.67 bits per heavy atom. The molecule has 0 fully saturated rings. The third kappa shape index (κ3) is 3.70. The Kier molecular flexibility index (Phi) is 4.39. The number of aromatic nitrogens is 1. The number of rotatable bonds is 3. The van der Waals surface area contributed by atoms with E-state index in [2.05, 4.69) is 15.6 Å². The van der Waals surface area contributed by atoms with Crippen LogP contribution in [0.5, 0.6) is 0 Å². The molecule has 0 aliphatic heterocycles. The highest BCUT2D eigenvalue weighted by molar-refractivity contribution is 6.33. The van der Waals surface area contributed by atoms with Crippen LogP contribution in [-0.2, 0) is 0 Å². The molecule has 1 aromatic heterocycles. The topological polar surface area (TPSA) is 91.3 Å². The number of aryl methyl sites for hydroxylation is 1. The van der Waals surface area contributed by atoms with Crippen LogP contribution in [0.2, 0.25) is 5.02 Å². The van der Waals surface area contributed by atoms with Crippen LogP contribution in [0.3, 0.4) is 0 Å². The van der Waals surface area contributed by atoms with Gasteiger partial charge >= 0.3 is 12.0 Å². The maximum absolute atomic E-state index is 11.9. The fourth-order valence-corrected chi connectivity index (χ4v) is 1.84. The SMILES string of the molecule is Cc1ccncc1NC(=O)Nc1ccc(Cl)c(C(=O)O)c1. The third-order valence-electron chi connectivity index (χ3n) is 2.74. The molecule has 1 heterocycles. The van der Waals surface area contributed by atoms with Gasteiger partial charge in [0.15, 0.2) is 0 Å².